The smallest absolute Gasteiger partial charge is 0.251 e. The van der Waals surface area contributed by atoms with Crippen LogP contribution in [0.3, 0.4) is 0 Å². The van der Waals surface area contributed by atoms with E-state index >= 15 is 0 Å². The van der Waals surface area contributed by atoms with Gasteiger partial charge in [0.1, 0.15) is 0 Å². The van der Waals surface area contributed by atoms with Gasteiger partial charge in [0.05, 0.1) is 0 Å². The van der Waals surface area contributed by atoms with Crippen LogP contribution in [0.15, 0.2) is 41.3 Å². The van der Waals surface area contributed by atoms with E-state index in [1.165, 1.54) is 44.1 Å². The Bertz CT molecular complexity index is 810. The minimum absolute atomic E-state index is 0.115. The molecule has 3 rings (SSSR count). The van der Waals surface area contributed by atoms with E-state index in [4.69, 9.17) is 4.74 Å². The first-order valence-electron chi connectivity index (χ1n) is 13.4. The molecule has 1 aromatic rings. The maximum atomic E-state index is 13.9. The first kappa shape index (κ1) is 27.5. The fourth-order valence-corrected chi connectivity index (χ4v) is 6.62. The normalized spacial score (nSPS) is 21.7. The van der Waals surface area contributed by atoms with Gasteiger partial charge in [0, 0.05) is 31.8 Å². The van der Waals surface area contributed by atoms with Crippen molar-refractivity contribution >= 4 is 17.3 Å². The van der Waals surface area contributed by atoms with E-state index < -0.39 is 5.92 Å². The molecule has 0 radical (unpaired) electrons. The van der Waals surface area contributed by atoms with Crippen molar-refractivity contribution in [3.8, 4) is 0 Å². The molecule has 2 atom stereocenters. The first-order chi connectivity index (χ1) is 16.4. The third-order valence-electron chi connectivity index (χ3n) is 7.66. The zero-order valence-corrected chi connectivity index (χ0v) is 22.3. The molecule has 0 bridgehead atoms. The molecular formula is C30H44F2OS. The number of thioether (sulfide) groups is 1. The van der Waals surface area contributed by atoms with Gasteiger partial charge in [0.15, 0.2) is 0 Å². The Morgan fingerprint density at radius 1 is 1.18 bits per heavy atom. The van der Waals surface area contributed by atoms with Crippen LogP contribution in [0.2, 0.25) is 0 Å². The molecule has 1 aromatic carbocycles. The molecule has 0 aromatic heterocycles. The molecule has 2 aliphatic heterocycles. The molecule has 0 aliphatic carbocycles. The van der Waals surface area contributed by atoms with Crippen LogP contribution in [-0.4, -0.2) is 24.9 Å². The molecule has 0 saturated carbocycles. The predicted molar refractivity (Wildman–Crippen MR) is 143 cm³/mol. The van der Waals surface area contributed by atoms with Crippen molar-refractivity contribution in [2.75, 3.05) is 19.0 Å². The van der Waals surface area contributed by atoms with E-state index in [-0.39, 0.29) is 12.8 Å². The summed E-state index contributed by atoms with van der Waals surface area (Å²) >= 11 is 2.07. The highest BCUT2D eigenvalue weighted by Gasteiger charge is 2.27. The number of benzene rings is 1. The fraction of sp³-hybridized carbons (Fsp3) is 0.667. The topological polar surface area (TPSA) is 9.23 Å². The van der Waals surface area contributed by atoms with Gasteiger partial charge in [-0.3, -0.25) is 0 Å². The average molecular weight is 491 g/mol. The van der Waals surface area contributed by atoms with E-state index in [2.05, 4.69) is 43.8 Å². The molecular weight excluding hydrogens is 446 g/mol. The number of halogens is 2. The zero-order valence-electron chi connectivity index (χ0n) is 21.5. The maximum Gasteiger partial charge on any atom is 0.251 e. The van der Waals surface area contributed by atoms with Crippen LogP contribution >= 0.6 is 11.8 Å². The summed E-state index contributed by atoms with van der Waals surface area (Å²) in [6.45, 7) is 7.87. The molecule has 0 N–H and O–H groups in total. The lowest BCUT2D eigenvalue weighted by molar-refractivity contribution is -0.00220. The van der Waals surface area contributed by atoms with Crippen molar-refractivity contribution in [1.29, 1.82) is 0 Å². The lowest BCUT2D eigenvalue weighted by Gasteiger charge is -2.26. The lowest BCUT2D eigenvalue weighted by Crippen LogP contribution is -2.18. The Hall–Kier alpha value is -1.13. The number of alkyl halides is 2. The lowest BCUT2D eigenvalue weighted by atomic mass is 9.85. The Kier molecular flexibility index (Phi) is 11.2. The molecule has 34 heavy (non-hydrogen) atoms. The standard InChI is InChI=1S/C30H44F2OS/c1-4-23(17-24-13-15-33-16-14-24)20-29-12-8-10-26(22-34-29)19-27(5-2)28-11-7-9-25(18-28)21-30(31,32)6-3/h5,7,9,11-12,18,23-24,26H,4,6,8,10,13-17,19-22H2,1-3H3/b27-5+. The van der Waals surface area contributed by atoms with Gasteiger partial charge in [0.25, 0.3) is 5.92 Å². The van der Waals surface area contributed by atoms with Crippen LogP contribution in [-0.2, 0) is 11.2 Å². The van der Waals surface area contributed by atoms with Crippen LogP contribution in [0.25, 0.3) is 5.57 Å². The van der Waals surface area contributed by atoms with Crippen LogP contribution in [0, 0.1) is 17.8 Å². The Labute approximate surface area is 210 Å². The summed E-state index contributed by atoms with van der Waals surface area (Å²) in [6, 6.07) is 7.83. The second-order valence-corrected chi connectivity index (χ2v) is 11.4. The van der Waals surface area contributed by atoms with E-state index in [0.717, 1.165) is 54.8 Å². The minimum atomic E-state index is -2.63. The molecule has 2 unspecified atom stereocenters. The van der Waals surface area contributed by atoms with Gasteiger partial charge >= 0.3 is 0 Å². The second-order valence-electron chi connectivity index (χ2n) is 10.3. The van der Waals surface area contributed by atoms with E-state index in [1.54, 1.807) is 11.8 Å². The third-order valence-corrected chi connectivity index (χ3v) is 9.00. The van der Waals surface area contributed by atoms with Crippen LogP contribution in [0.5, 0.6) is 0 Å². The SMILES string of the molecule is C/C=C(\CC1CCC=C(CC(CC)CC2CCOCC2)SC1)c1cccc(CC(F)(F)CC)c1. The number of rotatable bonds is 11. The van der Waals surface area contributed by atoms with E-state index in [0.29, 0.717) is 5.92 Å². The maximum absolute atomic E-state index is 13.9. The van der Waals surface area contributed by atoms with Crippen molar-refractivity contribution in [2.24, 2.45) is 17.8 Å². The Morgan fingerprint density at radius 2 is 1.97 bits per heavy atom. The molecule has 1 nitrogen and oxygen atoms in total. The van der Waals surface area contributed by atoms with Crippen molar-refractivity contribution in [1.82, 2.24) is 0 Å². The highest BCUT2D eigenvalue weighted by molar-refractivity contribution is 8.03. The zero-order chi connectivity index (χ0) is 24.4. The Morgan fingerprint density at radius 3 is 2.68 bits per heavy atom. The molecule has 190 valence electrons. The molecule has 0 spiro atoms. The van der Waals surface area contributed by atoms with Gasteiger partial charge in [0.2, 0.25) is 0 Å². The third kappa shape index (κ3) is 8.82. The predicted octanol–water partition coefficient (Wildman–Crippen LogP) is 9.33. The molecule has 2 aliphatic rings. The summed E-state index contributed by atoms with van der Waals surface area (Å²) in [5.41, 5.74) is 3.14. The molecule has 1 saturated heterocycles. The van der Waals surface area contributed by atoms with Crippen LogP contribution in [0.1, 0.15) is 89.7 Å². The van der Waals surface area contributed by atoms with E-state index in [9.17, 15) is 8.78 Å². The van der Waals surface area contributed by atoms with Gasteiger partial charge in [-0.05, 0) is 91.2 Å². The summed E-state index contributed by atoms with van der Waals surface area (Å²) in [5.74, 6) is 0.781. The van der Waals surface area contributed by atoms with Gasteiger partial charge in [-0.1, -0.05) is 56.7 Å². The number of allylic oxidation sites excluding steroid dienone is 4. The van der Waals surface area contributed by atoms with Gasteiger partial charge in [-0.25, -0.2) is 8.78 Å². The van der Waals surface area contributed by atoms with Gasteiger partial charge in [-0.15, -0.1) is 11.8 Å². The summed E-state index contributed by atoms with van der Waals surface area (Å²) < 4.78 is 33.4. The van der Waals surface area contributed by atoms with Crippen molar-refractivity contribution in [3.05, 3.63) is 52.4 Å². The van der Waals surface area contributed by atoms with Gasteiger partial charge < -0.3 is 4.74 Å². The molecule has 4 heteroatoms. The average Bonchev–Trinajstić information content (AvgIpc) is 3.07. The Balaban J connectivity index is 1.53. The van der Waals surface area contributed by atoms with E-state index in [1.807, 2.05) is 18.2 Å². The minimum Gasteiger partial charge on any atom is -0.381 e. The summed E-state index contributed by atoms with van der Waals surface area (Å²) in [5, 5.41) is 0. The molecule has 2 heterocycles. The van der Waals surface area contributed by atoms with Crippen molar-refractivity contribution < 1.29 is 13.5 Å². The highest BCUT2D eigenvalue weighted by Crippen LogP contribution is 2.38. The summed E-state index contributed by atoms with van der Waals surface area (Å²) in [4.78, 5) is 1.59. The van der Waals surface area contributed by atoms with Gasteiger partial charge in [-0.2, -0.15) is 0 Å². The number of ether oxygens (including phenoxy) is 1. The molecule has 0 amide bonds. The first-order valence-corrected chi connectivity index (χ1v) is 14.4. The van der Waals surface area contributed by atoms with Crippen LogP contribution in [0.4, 0.5) is 8.78 Å². The monoisotopic (exact) mass is 490 g/mol. The quantitative estimate of drug-likeness (QED) is 0.305. The molecule has 1 fully saturated rings. The number of hydrogen-bond acceptors (Lipinski definition) is 2. The summed E-state index contributed by atoms with van der Waals surface area (Å²) in [7, 11) is 0. The largest absolute Gasteiger partial charge is 0.381 e. The second kappa shape index (κ2) is 13.8. The summed E-state index contributed by atoms with van der Waals surface area (Å²) in [6.07, 6.45) is 14.1. The van der Waals surface area contributed by atoms with Crippen molar-refractivity contribution in [2.45, 2.75) is 90.9 Å². The van der Waals surface area contributed by atoms with Crippen LogP contribution < -0.4 is 0 Å². The fourth-order valence-electron chi connectivity index (χ4n) is 5.30. The highest BCUT2D eigenvalue weighted by atomic mass is 32.2. The van der Waals surface area contributed by atoms with Crippen molar-refractivity contribution in [3.63, 3.8) is 0 Å². The number of hydrogen-bond donors (Lipinski definition) is 0.